The fraction of sp³-hybridized carbons (Fsp3) is 0.550. The molecule has 10 heteroatoms. The normalized spacial score (nSPS) is 14.7. The number of nitrogens with two attached hydrogens (primary N) is 1. The van der Waals surface area contributed by atoms with Gasteiger partial charge in [-0.1, -0.05) is 17.8 Å². The molecule has 30 heavy (non-hydrogen) atoms. The SMILES string of the molecule is CCOc1cccc(SC(OC(COC(C)=O)C(C)OC(C)=O)C(CN)OC=O)c1. The largest absolute Gasteiger partial charge is 0.494 e. The lowest BCUT2D eigenvalue weighted by atomic mass is 10.2. The second kappa shape index (κ2) is 13.8. The van der Waals surface area contributed by atoms with Crippen LogP contribution < -0.4 is 10.5 Å². The van der Waals surface area contributed by atoms with E-state index in [9.17, 15) is 14.4 Å². The van der Waals surface area contributed by atoms with Gasteiger partial charge in [0.2, 0.25) is 0 Å². The number of benzene rings is 1. The van der Waals surface area contributed by atoms with Crippen LogP contribution in [0.4, 0.5) is 0 Å². The maximum Gasteiger partial charge on any atom is 0.302 e. The van der Waals surface area contributed by atoms with E-state index in [0.29, 0.717) is 18.8 Å². The summed E-state index contributed by atoms with van der Waals surface area (Å²) in [6, 6.07) is 7.29. The molecule has 0 fully saturated rings. The van der Waals surface area contributed by atoms with Gasteiger partial charge in [0.1, 0.15) is 36.1 Å². The van der Waals surface area contributed by atoms with E-state index in [0.717, 1.165) is 4.90 Å². The van der Waals surface area contributed by atoms with Gasteiger partial charge in [-0.25, -0.2) is 0 Å². The van der Waals surface area contributed by atoms with Crippen molar-refractivity contribution in [1.29, 1.82) is 0 Å². The smallest absolute Gasteiger partial charge is 0.302 e. The van der Waals surface area contributed by atoms with Crippen molar-refractivity contribution in [2.45, 2.75) is 56.3 Å². The summed E-state index contributed by atoms with van der Waals surface area (Å²) in [4.78, 5) is 34.4. The Morgan fingerprint density at radius 2 is 1.93 bits per heavy atom. The average Bonchev–Trinajstić information content (AvgIpc) is 2.68. The van der Waals surface area contributed by atoms with Crippen LogP contribution in [0.15, 0.2) is 29.2 Å². The van der Waals surface area contributed by atoms with Gasteiger partial charge in [-0.15, -0.1) is 0 Å². The van der Waals surface area contributed by atoms with Gasteiger partial charge in [0, 0.05) is 25.3 Å². The molecule has 1 aromatic rings. The summed E-state index contributed by atoms with van der Waals surface area (Å²) in [5.41, 5.74) is 5.01. The van der Waals surface area contributed by atoms with Crippen molar-refractivity contribution in [1.82, 2.24) is 0 Å². The molecular formula is C20H29NO8S. The van der Waals surface area contributed by atoms with Crippen LogP contribution in [0.1, 0.15) is 27.7 Å². The average molecular weight is 444 g/mol. The first-order chi connectivity index (χ1) is 14.3. The molecule has 0 aliphatic carbocycles. The number of ether oxygens (including phenoxy) is 5. The third kappa shape index (κ3) is 9.47. The number of hydrogen-bond acceptors (Lipinski definition) is 10. The molecule has 0 aromatic heterocycles. The van der Waals surface area contributed by atoms with Crippen molar-refractivity contribution in [2.75, 3.05) is 19.8 Å². The summed E-state index contributed by atoms with van der Waals surface area (Å²) in [7, 11) is 0. The van der Waals surface area contributed by atoms with Crippen molar-refractivity contribution < 1.29 is 38.1 Å². The summed E-state index contributed by atoms with van der Waals surface area (Å²) in [6.07, 6.45) is -2.34. The lowest BCUT2D eigenvalue weighted by molar-refractivity contribution is -0.167. The van der Waals surface area contributed by atoms with Crippen LogP contribution >= 0.6 is 11.8 Å². The molecule has 4 atom stereocenters. The third-order valence-corrected chi connectivity index (χ3v) is 4.94. The molecular weight excluding hydrogens is 414 g/mol. The van der Waals surface area contributed by atoms with Crippen molar-refractivity contribution in [2.24, 2.45) is 5.73 Å². The van der Waals surface area contributed by atoms with Gasteiger partial charge >= 0.3 is 11.9 Å². The Kier molecular flexibility index (Phi) is 11.9. The number of carbonyl (C=O) groups is 3. The fourth-order valence-corrected chi connectivity index (χ4v) is 3.56. The van der Waals surface area contributed by atoms with E-state index in [-0.39, 0.29) is 13.2 Å². The van der Waals surface area contributed by atoms with Gasteiger partial charge in [0.05, 0.1) is 6.61 Å². The zero-order valence-corrected chi connectivity index (χ0v) is 18.4. The molecule has 0 saturated carbocycles. The van der Waals surface area contributed by atoms with Crippen LogP contribution in [0.25, 0.3) is 0 Å². The minimum Gasteiger partial charge on any atom is -0.494 e. The number of rotatable bonds is 14. The summed E-state index contributed by atoms with van der Waals surface area (Å²) >= 11 is 1.25. The van der Waals surface area contributed by atoms with E-state index in [2.05, 4.69) is 0 Å². The summed E-state index contributed by atoms with van der Waals surface area (Å²) in [5, 5.41) is 0. The highest BCUT2D eigenvalue weighted by Crippen LogP contribution is 2.31. The quantitative estimate of drug-likeness (QED) is 0.150. The Balaban J connectivity index is 3.10. The van der Waals surface area contributed by atoms with E-state index in [1.54, 1.807) is 6.92 Å². The van der Waals surface area contributed by atoms with Crippen LogP contribution in [-0.2, 0) is 33.3 Å². The van der Waals surface area contributed by atoms with Crippen LogP contribution in [0.5, 0.6) is 5.75 Å². The molecule has 0 saturated heterocycles. The van der Waals surface area contributed by atoms with E-state index >= 15 is 0 Å². The predicted octanol–water partition coefficient (Wildman–Crippen LogP) is 1.90. The van der Waals surface area contributed by atoms with Crippen LogP contribution in [-0.4, -0.2) is 61.9 Å². The minimum atomic E-state index is -0.810. The highest BCUT2D eigenvalue weighted by molar-refractivity contribution is 7.99. The summed E-state index contributed by atoms with van der Waals surface area (Å²) < 4.78 is 26.9. The molecule has 0 spiro atoms. The lowest BCUT2D eigenvalue weighted by Gasteiger charge is -2.31. The Hall–Kier alpha value is -2.30. The van der Waals surface area contributed by atoms with Crippen LogP contribution in [0, 0.1) is 0 Å². The molecule has 2 N–H and O–H groups in total. The highest BCUT2D eigenvalue weighted by atomic mass is 32.2. The number of esters is 2. The molecule has 0 heterocycles. The second-order valence-corrected chi connectivity index (χ2v) is 7.36. The zero-order valence-electron chi connectivity index (χ0n) is 17.6. The molecule has 9 nitrogen and oxygen atoms in total. The molecule has 0 amide bonds. The van der Waals surface area contributed by atoms with Crippen molar-refractivity contribution >= 4 is 30.2 Å². The fourth-order valence-electron chi connectivity index (χ4n) is 2.43. The van der Waals surface area contributed by atoms with Gasteiger partial charge < -0.3 is 29.4 Å². The molecule has 0 aliphatic heterocycles. The first-order valence-corrected chi connectivity index (χ1v) is 10.3. The van der Waals surface area contributed by atoms with Gasteiger partial charge in [0.25, 0.3) is 6.47 Å². The Morgan fingerprint density at radius 3 is 2.50 bits per heavy atom. The van der Waals surface area contributed by atoms with Crippen molar-refractivity contribution in [3.05, 3.63) is 24.3 Å². The maximum absolute atomic E-state index is 11.4. The summed E-state index contributed by atoms with van der Waals surface area (Å²) in [6.45, 7) is 6.66. The highest BCUT2D eigenvalue weighted by Gasteiger charge is 2.31. The van der Waals surface area contributed by atoms with E-state index in [1.807, 2.05) is 31.2 Å². The topological polar surface area (TPSA) is 123 Å². The van der Waals surface area contributed by atoms with Gasteiger partial charge in [-0.05, 0) is 32.0 Å². The molecule has 0 aliphatic rings. The molecule has 1 rings (SSSR count). The maximum atomic E-state index is 11.4. The monoisotopic (exact) mass is 443 g/mol. The van der Waals surface area contributed by atoms with E-state index < -0.39 is 35.7 Å². The summed E-state index contributed by atoms with van der Waals surface area (Å²) in [5.74, 6) is -0.342. The van der Waals surface area contributed by atoms with Gasteiger partial charge in [-0.3, -0.25) is 14.4 Å². The third-order valence-electron chi connectivity index (χ3n) is 3.77. The zero-order chi connectivity index (χ0) is 22.5. The molecule has 1 aromatic carbocycles. The second-order valence-electron chi connectivity index (χ2n) is 6.19. The molecule has 4 unspecified atom stereocenters. The van der Waals surface area contributed by atoms with Crippen molar-refractivity contribution in [3.63, 3.8) is 0 Å². The lowest BCUT2D eigenvalue weighted by Crippen LogP contribution is -2.43. The number of thioether (sulfide) groups is 1. The molecule has 0 bridgehead atoms. The van der Waals surface area contributed by atoms with Crippen LogP contribution in [0.3, 0.4) is 0 Å². The minimum absolute atomic E-state index is 0.0101. The van der Waals surface area contributed by atoms with E-state index in [1.165, 1.54) is 25.6 Å². The predicted molar refractivity (Wildman–Crippen MR) is 110 cm³/mol. The molecule has 168 valence electrons. The standard InChI is InChI=1S/C20H29NO8S/c1-5-25-16-7-6-8-17(9-16)30-20(18(10-21)27-12-22)29-19(11-26-14(3)23)13(2)28-15(4)24/h6-9,12-13,18-20H,5,10-11,21H2,1-4H3. The van der Waals surface area contributed by atoms with Gasteiger partial charge in [0.15, 0.2) is 0 Å². The molecule has 0 radical (unpaired) electrons. The number of carbonyl (C=O) groups excluding carboxylic acids is 3. The number of hydrogen-bond donors (Lipinski definition) is 1. The Labute approximate surface area is 180 Å². The Bertz CT molecular complexity index is 687. The van der Waals surface area contributed by atoms with Crippen LogP contribution in [0.2, 0.25) is 0 Å². The van der Waals surface area contributed by atoms with Gasteiger partial charge in [-0.2, -0.15) is 0 Å². The first-order valence-electron chi connectivity index (χ1n) is 9.45. The van der Waals surface area contributed by atoms with Crippen molar-refractivity contribution in [3.8, 4) is 5.75 Å². The first kappa shape index (κ1) is 25.7. The van der Waals surface area contributed by atoms with E-state index in [4.69, 9.17) is 29.4 Å². The Morgan fingerprint density at radius 1 is 1.20 bits per heavy atom.